The van der Waals surface area contributed by atoms with Crippen LogP contribution in [0.1, 0.15) is 57.1 Å². The highest BCUT2D eigenvalue weighted by atomic mass is 32.2. The molecule has 2 aliphatic rings. The predicted octanol–water partition coefficient (Wildman–Crippen LogP) is 5.84. The monoisotopic (exact) mass is 526 g/mol. The number of furan rings is 1. The van der Waals surface area contributed by atoms with Crippen molar-refractivity contribution in [2.75, 3.05) is 6.54 Å². The number of benzene rings is 2. The van der Waals surface area contributed by atoms with Gasteiger partial charge in [-0.1, -0.05) is 43.7 Å². The molecule has 3 aromatic rings. The van der Waals surface area contributed by atoms with E-state index >= 15 is 0 Å². The smallest absolute Gasteiger partial charge is 0.243 e. The lowest BCUT2D eigenvalue weighted by molar-refractivity contribution is -0.139. The highest BCUT2D eigenvalue weighted by molar-refractivity contribution is 7.89. The van der Waals surface area contributed by atoms with E-state index in [9.17, 15) is 17.6 Å². The number of alkyl halides is 1. The summed E-state index contributed by atoms with van der Waals surface area (Å²) in [6, 6.07) is 13.1. The predicted molar refractivity (Wildman–Crippen MR) is 141 cm³/mol. The van der Waals surface area contributed by atoms with E-state index in [1.165, 1.54) is 12.1 Å². The van der Waals surface area contributed by atoms with Crippen LogP contribution in [0.3, 0.4) is 0 Å². The number of rotatable bonds is 6. The number of halogens is 1. The van der Waals surface area contributed by atoms with Gasteiger partial charge in [0.15, 0.2) is 0 Å². The molecule has 0 spiro atoms. The third-order valence-corrected chi connectivity index (χ3v) is 9.91. The molecule has 198 valence electrons. The lowest BCUT2D eigenvalue weighted by Crippen LogP contribution is -2.51. The molecule has 6 nitrogen and oxygen atoms in total. The summed E-state index contributed by atoms with van der Waals surface area (Å²) in [6.45, 7) is 6.37. The highest BCUT2D eigenvalue weighted by Gasteiger charge is 2.47. The van der Waals surface area contributed by atoms with Gasteiger partial charge in [-0.3, -0.25) is 4.79 Å². The summed E-state index contributed by atoms with van der Waals surface area (Å²) in [7, 11) is -4.03. The van der Waals surface area contributed by atoms with Crippen molar-refractivity contribution in [1.82, 2.24) is 9.21 Å². The molecule has 2 atom stereocenters. The van der Waals surface area contributed by atoms with Crippen molar-refractivity contribution in [2.24, 2.45) is 5.41 Å². The van der Waals surface area contributed by atoms with Crippen molar-refractivity contribution in [2.45, 2.75) is 82.6 Å². The molecule has 0 unspecified atom stereocenters. The molecule has 37 heavy (non-hydrogen) atoms. The first-order valence-electron chi connectivity index (χ1n) is 13.0. The Kier molecular flexibility index (Phi) is 6.92. The number of nitrogens with zero attached hydrogens (tertiary/aromatic N) is 2. The normalized spacial score (nSPS) is 22.9. The first kappa shape index (κ1) is 25.9. The Morgan fingerprint density at radius 1 is 1.11 bits per heavy atom. The Balaban J connectivity index is 1.46. The van der Waals surface area contributed by atoms with Gasteiger partial charge in [-0.15, -0.1) is 0 Å². The second kappa shape index (κ2) is 9.87. The lowest BCUT2D eigenvalue weighted by atomic mass is 9.75. The number of aryl methyl sites for hydroxylation is 1. The molecule has 1 saturated carbocycles. The van der Waals surface area contributed by atoms with Crippen LogP contribution < -0.4 is 0 Å². The van der Waals surface area contributed by atoms with Gasteiger partial charge in [0.2, 0.25) is 15.9 Å². The first-order valence-corrected chi connectivity index (χ1v) is 14.5. The van der Waals surface area contributed by atoms with Crippen LogP contribution in [0.15, 0.2) is 64.1 Å². The number of amides is 1. The lowest BCUT2D eigenvalue weighted by Gasteiger charge is -2.41. The topological polar surface area (TPSA) is 70.8 Å². The fraction of sp³-hybridized carbons (Fsp3) is 0.483. The van der Waals surface area contributed by atoms with Crippen LogP contribution in [0.2, 0.25) is 0 Å². The van der Waals surface area contributed by atoms with Crippen molar-refractivity contribution < 1.29 is 22.0 Å². The van der Waals surface area contributed by atoms with Gasteiger partial charge >= 0.3 is 0 Å². The number of hydrogen-bond donors (Lipinski definition) is 0. The number of sulfonamides is 1. The molecule has 0 bridgehead atoms. The summed E-state index contributed by atoms with van der Waals surface area (Å²) in [6.07, 6.45) is 3.72. The fourth-order valence-corrected chi connectivity index (χ4v) is 7.28. The van der Waals surface area contributed by atoms with Crippen LogP contribution in [-0.2, 0) is 21.4 Å². The third kappa shape index (κ3) is 5.32. The molecule has 1 aromatic heterocycles. The zero-order valence-electron chi connectivity index (χ0n) is 21.7. The molecule has 1 aliphatic carbocycles. The van der Waals surface area contributed by atoms with Gasteiger partial charge in [-0.05, 0) is 67.9 Å². The van der Waals surface area contributed by atoms with Crippen LogP contribution >= 0.6 is 0 Å². The summed E-state index contributed by atoms with van der Waals surface area (Å²) < 4.78 is 48.5. The molecule has 2 fully saturated rings. The van der Waals surface area contributed by atoms with Crippen LogP contribution in [-0.4, -0.2) is 48.3 Å². The quantitative estimate of drug-likeness (QED) is 0.405. The van der Waals surface area contributed by atoms with Crippen LogP contribution in [0.25, 0.3) is 11.0 Å². The Morgan fingerprint density at radius 2 is 1.81 bits per heavy atom. The van der Waals surface area contributed by atoms with Crippen LogP contribution in [0.4, 0.5) is 4.39 Å². The standard InChI is InChI=1S/C29H35FN2O4S/c1-20-4-8-25(9-5-20)37(34,35)32-19-23(30)17-26(32)28(33)31(24-10-13-29(2,3)14-11-24)18-21-6-7-22-12-15-36-27(22)16-21/h4-9,12,15-16,23-24,26H,10-11,13-14,17-19H2,1-3H3/t23-,26-/m0/s1. The molecule has 2 aromatic carbocycles. The van der Waals surface area contributed by atoms with E-state index in [4.69, 9.17) is 4.42 Å². The first-order chi connectivity index (χ1) is 17.5. The van der Waals surface area contributed by atoms with E-state index in [0.717, 1.165) is 52.1 Å². The molecule has 8 heteroatoms. The molecular weight excluding hydrogens is 491 g/mol. The maximum absolute atomic E-state index is 14.8. The Bertz CT molecular complexity index is 1370. The summed E-state index contributed by atoms with van der Waals surface area (Å²) in [5.41, 5.74) is 2.78. The van der Waals surface area contributed by atoms with Crippen molar-refractivity contribution in [3.05, 3.63) is 65.9 Å². The molecule has 1 saturated heterocycles. The van der Waals surface area contributed by atoms with Gasteiger partial charge < -0.3 is 9.32 Å². The number of carbonyl (C=O) groups is 1. The largest absolute Gasteiger partial charge is 0.464 e. The Hall–Kier alpha value is -2.71. The van der Waals surface area contributed by atoms with E-state index < -0.39 is 22.2 Å². The number of fused-ring (bicyclic) bond motifs is 1. The summed E-state index contributed by atoms with van der Waals surface area (Å²) >= 11 is 0. The van der Waals surface area contributed by atoms with Gasteiger partial charge in [-0.2, -0.15) is 4.31 Å². The zero-order valence-corrected chi connectivity index (χ0v) is 22.5. The summed E-state index contributed by atoms with van der Waals surface area (Å²) in [5.74, 6) is -0.319. The van der Waals surface area contributed by atoms with Gasteiger partial charge in [-0.25, -0.2) is 12.8 Å². The van der Waals surface area contributed by atoms with Crippen LogP contribution in [0, 0.1) is 12.3 Å². The SMILES string of the molecule is Cc1ccc(S(=O)(=O)N2C[C@@H](F)C[C@H]2C(=O)N(Cc2ccc3ccoc3c2)C2CCC(C)(C)CC2)cc1. The molecule has 0 N–H and O–H groups in total. The molecular formula is C29H35FN2O4S. The maximum Gasteiger partial charge on any atom is 0.243 e. The molecule has 0 radical (unpaired) electrons. The minimum Gasteiger partial charge on any atom is -0.464 e. The molecule has 2 heterocycles. The maximum atomic E-state index is 14.8. The molecule has 1 amide bonds. The van der Waals surface area contributed by atoms with Crippen molar-refractivity contribution in [3.63, 3.8) is 0 Å². The van der Waals surface area contributed by atoms with E-state index in [1.54, 1.807) is 23.3 Å². The average molecular weight is 527 g/mol. The van der Waals surface area contributed by atoms with E-state index in [0.29, 0.717) is 6.54 Å². The Labute approximate surface area is 218 Å². The highest BCUT2D eigenvalue weighted by Crippen LogP contribution is 2.39. The minimum atomic E-state index is -4.03. The molecule has 1 aliphatic heterocycles. The van der Waals surface area contributed by atoms with E-state index in [2.05, 4.69) is 13.8 Å². The number of carbonyl (C=O) groups excluding carboxylic acids is 1. The average Bonchev–Trinajstić information content (AvgIpc) is 3.49. The molecule has 5 rings (SSSR count). The van der Waals surface area contributed by atoms with E-state index in [1.807, 2.05) is 31.2 Å². The van der Waals surface area contributed by atoms with Gasteiger partial charge in [0, 0.05) is 30.9 Å². The zero-order chi connectivity index (χ0) is 26.4. The third-order valence-electron chi connectivity index (χ3n) is 8.02. The second-order valence-electron chi connectivity index (χ2n) is 11.4. The van der Waals surface area contributed by atoms with Crippen molar-refractivity contribution in [1.29, 1.82) is 0 Å². The van der Waals surface area contributed by atoms with E-state index in [-0.39, 0.29) is 35.2 Å². The van der Waals surface area contributed by atoms with Gasteiger partial charge in [0.05, 0.1) is 11.2 Å². The minimum absolute atomic E-state index is 0.0320. The van der Waals surface area contributed by atoms with Gasteiger partial charge in [0.25, 0.3) is 0 Å². The van der Waals surface area contributed by atoms with Crippen molar-refractivity contribution in [3.8, 4) is 0 Å². The Morgan fingerprint density at radius 3 is 2.51 bits per heavy atom. The summed E-state index contributed by atoms with van der Waals surface area (Å²) in [5, 5.41) is 0.979. The second-order valence-corrected chi connectivity index (χ2v) is 13.3. The summed E-state index contributed by atoms with van der Waals surface area (Å²) in [4.78, 5) is 16.0. The van der Waals surface area contributed by atoms with Gasteiger partial charge in [0.1, 0.15) is 17.8 Å². The fourth-order valence-electron chi connectivity index (χ4n) is 5.66. The van der Waals surface area contributed by atoms with Crippen LogP contribution in [0.5, 0.6) is 0 Å². The number of hydrogen-bond acceptors (Lipinski definition) is 4. The van der Waals surface area contributed by atoms with Crippen molar-refractivity contribution >= 4 is 26.9 Å².